The van der Waals surface area contributed by atoms with Crippen LogP contribution in [0, 0.1) is 5.82 Å². The first-order valence-electron chi connectivity index (χ1n) is 4.35. The van der Waals surface area contributed by atoms with E-state index in [4.69, 9.17) is 23.2 Å². The van der Waals surface area contributed by atoms with Crippen LogP contribution >= 0.6 is 23.2 Å². The molecule has 0 aliphatic carbocycles. The van der Waals surface area contributed by atoms with Gasteiger partial charge in [0.05, 0.1) is 15.6 Å². The van der Waals surface area contributed by atoms with Gasteiger partial charge in [-0.3, -0.25) is 4.79 Å². The van der Waals surface area contributed by atoms with E-state index in [1.807, 2.05) is 0 Å². The second-order valence-corrected chi connectivity index (χ2v) is 3.68. The van der Waals surface area contributed by atoms with Crippen molar-refractivity contribution in [2.24, 2.45) is 0 Å². The van der Waals surface area contributed by atoms with Crippen LogP contribution in [0.25, 0.3) is 0 Å². The van der Waals surface area contributed by atoms with Crippen LogP contribution in [0.2, 0.25) is 10.0 Å². The molecule has 0 aromatic heterocycles. The predicted octanol–water partition coefficient (Wildman–Crippen LogP) is 0.342. The molecule has 0 unspecified atom stereocenters. The molecule has 0 radical (unpaired) electrons. The average Bonchev–Trinajstić information content (AvgIpc) is 2.23. The van der Waals surface area contributed by atoms with E-state index in [-0.39, 0.29) is 53.0 Å². The molecule has 0 bridgehead atoms. The minimum absolute atomic E-state index is 0. The first kappa shape index (κ1) is 16.9. The van der Waals surface area contributed by atoms with E-state index in [2.05, 4.69) is 4.74 Å². The number of halogens is 3. The van der Waals surface area contributed by atoms with Crippen LogP contribution in [0.5, 0.6) is 0 Å². The van der Waals surface area contributed by atoms with Crippen molar-refractivity contribution in [1.29, 1.82) is 0 Å². The predicted molar refractivity (Wildman–Crippen MR) is 58.2 cm³/mol. The number of hydrogen-bond donors (Lipinski definition) is 0. The van der Waals surface area contributed by atoms with Crippen LogP contribution in [0.4, 0.5) is 4.39 Å². The molecule has 0 aliphatic heterocycles. The molecular weight excluding hydrogens is 281 g/mol. The molecule has 0 saturated carbocycles. The summed E-state index contributed by atoms with van der Waals surface area (Å²) in [5.41, 5.74) is -0.231. The van der Waals surface area contributed by atoms with Gasteiger partial charge in [0.25, 0.3) is 0 Å². The normalized spacial score (nSPS) is 9.41. The summed E-state index contributed by atoms with van der Waals surface area (Å²) in [6.45, 7) is 1.53. The second kappa shape index (κ2) is 7.34. The van der Waals surface area contributed by atoms with E-state index >= 15 is 0 Å². The molecule has 0 spiro atoms. The third kappa shape index (κ3) is 4.56. The third-order valence-corrected chi connectivity index (χ3v) is 2.33. The summed E-state index contributed by atoms with van der Waals surface area (Å²) >= 11 is 11.1. The molecule has 0 saturated heterocycles. The molecule has 1 rings (SSSR count). The van der Waals surface area contributed by atoms with Gasteiger partial charge in [-0.25, -0.2) is 9.18 Å². The maximum atomic E-state index is 13.1. The van der Waals surface area contributed by atoms with Gasteiger partial charge in [-0.05, 0) is 12.1 Å². The Morgan fingerprint density at radius 3 is 2.47 bits per heavy atom. The van der Waals surface area contributed by atoms with Crippen LogP contribution in [-0.2, 0) is 9.53 Å². The van der Waals surface area contributed by atoms with Gasteiger partial charge in [0, 0.05) is 6.42 Å². The number of carbonyl (C=O) groups is 2. The standard InChI is InChI=1S/C10H7Cl2FO3.Na.H/c1-2-9(14)16-10(15)5-3-8(13)7(12)4-6(5)11;;/h3-4H,2H2,1H3;;/q;+1;-1. The van der Waals surface area contributed by atoms with Crippen molar-refractivity contribution in [2.75, 3.05) is 0 Å². The molecule has 0 amide bonds. The van der Waals surface area contributed by atoms with Crippen LogP contribution < -0.4 is 29.6 Å². The van der Waals surface area contributed by atoms with E-state index in [0.717, 1.165) is 12.1 Å². The minimum atomic E-state index is -0.993. The molecule has 0 fully saturated rings. The third-order valence-electron chi connectivity index (χ3n) is 1.73. The molecule has 0 atom stereocenters. The zero-order valence-corrected chi connectivity index (χ0v) is 12.7. The summed E-state index contributed by atoms with van der Waals surface area (Å²) in [5.74, 6) is -2.51. The Balaban J connectivity index is 0. The van der Waals surface area contributed by atoms with Crippen molar-refractivity contribution >= 4 is 35.1 Å². The van der Waals surface area contributed by atoms with Gasteiger partial charge in [0.15, 0.2) is 0 Å². The van der Waals surface area contributed by atoms with E-state index < -0.39 is 17.8 Å². The maximum Gasteiger partial charge on any atom is 1.00 e. The molecule has 1 aromatic carbocycles. The molecule has 0 N–H and O–H groups in total. The number of carbonyl (C=O) groups excluding carboxylic acids is 2. The SMILES string of the molecule is CCC(=O)OC(=O)c1cc(F)c(Cl)cc1Cl.[H-].[Na+]. The molecule has 0 aliphatic rings. The van der Waals surface area contributed by atoms with E-state index in [0.29, 0.717) is 0 Å². The summed E-state index contributed by atoms with van der Waals surface area (Å²) in [7, 11) is 0. The van der Waals surface area contributed by atoms with Crippen molar-refractivity contribution < 1.29 is 49.7 Å². The average molecular weight is 289 g/mol. The largest absolute Gasteiger partial charge is 1.00 e. The van der Waals surface area contributed by atoms with Gasteiger partial charge in [0.1, 0.15) is 5.82 Å². The Morgan fingerprint density at radius 2 is 1.94 bits per heavy atom. The second-order valence-electron chi connectivity index (χ2n) is 2.86. The Kier molecular flexibility index (Phi) is 7.28. The number of ether oxygens (including phenoxy) is 1. The molecule has 88 valence electrons. The summed E-state index contributed by atoms with van der Waals surface area (Å²) in [5, 5.41) is -0.274. The van der Waals surface area contributed by atoms with Gasteiger partial charge in [-0.1, -0.05) is 30.1 Å². The van der Waals surface area contributed by atoms with Gasteiger partial charge < -0.3 is 6.16 Å². The number of esters is 2. The fourth-order valence-electron chi connectivity index (χ4n) is 0.910. The number of benzene rings is 1. The molecule has 17 heavy (non-hydrogen) atoms. The van der Waals surface area contributed by atoms with Crippen molar-refractivity contribution in [3.8, 4) is 0 Å². The Morgan fingerprint density at radius 1 is 1.35 bits per heavy atom. The van der Waals surface area contributed by atoms with Crippen molar-refractivity contribution in [3.63, 3.8) is 0 Å². The molecular formula is C10H8Cl2FNaO3. The fourth-order valence-corrected chi connectivity index (χ4v) is 1.37. The number of rotatable bonds is 2. The Hall–Kier alpha value is -0.130. The van der Waals surface area contributed by atoms with E-state index in [1.165, 1.54) is 6.92 Å². The first-order valence-corrected chi connectivity index (χ1v) is 5.10. The van der Waals surface area contributed by atoms with Crippen molar-refractivity contribution in [3.05, 3.63) is 33.6 Å². The van der Waals surface area contributed by atoms with Crippen LogP contribution in [0.1, 0.15) is 25.1 Å². The quantitative estimate of drug-likeness (QED) is 0.341. The minimum Gasteiger partial charge on any atom is -1.00 e. The van der Waals surface area contributed by atoms with Gasteiger partial charge in [-0.15, -0.1) is 0 Å². The molecule has 0 heterocycles. The topological polar surface area (TPSA) is 43.4 Å². The Labute approximate surface area is 131 Å². The van der Waals surface area contributed by atoms with Gasteiger partial charge >= 0.3 is 41.5 Å². The van der Waals surface area contributed by atoms with Crippen molar-refractivity contribution in [1.82, 2.24) is 0 Å². The maximum absolute atomic E-state index is 13.1. The molecule has 1 aromatic rings. The summed E-state index contributed by atoms with van der Waals surface area (Å²) in [6, 6.07) is 1.90. The molecule has 3 nitrogen and oxygen atoms in total. The van der Waals surface area contributed by atoms with Crippen molar-refractivity contribution in [2.45, 2.75) is 13.3 Å². The zero-order valence-electron chi connectivity index (χ0n) is 10.2. The van der Waals surface area contributed by atoms with E-state index in [1.54, 1.807) is 0 Å². The Bertz CT molecular complexity index is 457. The summed E-state index contributed by atoms with van der Waals surface area (Å²) in [6.07, 6.45) is 0.0411. The van der Waals surface area contributed by atoms with E-state index in [9.17, 15) is 14.0 Å². The number of hydrogen-bond acceptors (Lipinski definition) is 3. The first-order chi connectivity index (χ1) is 7.45. The van der Waals surface area contributed by atoms with Crippen LogP contribution in [0.3, 0.4) is 0 Å². The smallest absolute Gasteiger partial charge is 1.00 e. The summed E-state index contributed by atoms with van der Waals surface area (Å²) in [4.78, 5) is 22.2. The molecule has 7 heteroatoms. The van der Waals surface area contributed by atoms with Crippen LogP contribution in [0.15, 0.2) is 12.1 Å². The zero-order chi connectivity index (χ0) is 12.3. The van der Waals surface area contributed by atoms with Gasteiger partial charge in [-0.2, -0.15) is 0 Å². The summed E-state index contributed by atoms with van der Waals surface area (Å²) < 4.78 is 17.4. The fraction of sp³-hybridized carbons (Fsp3) is 0.200. The van der Waals surface area contributed by atoms with Crippen LogP contribution in [-0.4, -0.2) is 11.9 Å². The van der Waals surface area contributed by atoms with Gasteiger partial charge in [0.2, 0.25) is 0 Å². The monoisotopic (exact) mass is 288 g/mol.